The Balaban J connectivity index is 1.95. The summed E-state index contributed by atoms with van der Waals surface area (Å²) in [6.45, 7) is 0. The van der Waals surface area contributed by atoms with Gasteiger partial charge in [0, 0.05) is 11.0 Å². The van der Waals surface area contributed by atoms with E-state index in [9.17, 15) is 9.18 Å². The zero-order valence-electron chi connectivity index (χ0n) is 12.3. The van der Waals surface area contributed by atoms with E-state index in [-0.39, 0.29) is 17.5 Å². The zero-order valence-corrected chi connectivity index (χ0v) is 13.1. The van der Waals surface area contributed by atoms with Crippen LogP contribution in [-0.2, 0) is 4.79 Å². The van der Waals surface area contributed by atoms with Crippen LogP contribution < -0.4 is 14.8 Å². The molecule has 0 radical (unpaired) electrons. The summed E-state index contributed by atoms with van der Waals surface area (Å²) >= 11 is 1.33. The molecule has 1 N–H and O–H groups in total. The normalized spacial score (nSPS) is 10.1. The predicted molar refractivity (Wildman–Crippen MR) is 85.3 cm³/mol. The van der Waals surface area contributed by atoms with Gasteiger partial charge in [0.2, 0.25) is 5.91 Å². The van der Waals surface area contributed by atoms with Gasteiger partial charge in [-0.15, -0.1) is 11.8 Å². The number of amides is 1. The Kier molecular flexibility index (Phi) is 5.66. The van der Waals surface area contributed by atoms with E-state index in [0.717, 1.165) is 4.90 Å². The summed E-state index contributed by atoms with van der Waals surface area (Å²) in [6.07, 6.45) is 0. The second-order valence-corrected chi connectivity index (χ2v) is 5.41. The fourth-order valence-electron chi connectivity index (χ4n) is 1.77. The Morgan fingerprint density at radius 2 is 1.86 bits per heavy atom. The van der Waals surface area contributed by atoms with E-state index in [4.69, 9.17) is 9.47 Å². The van der Waals surface area contributed by atoms with Crippen molar-refractivity contribution in [1.29, 1.82) is 0 Å². The molecule has 0 atom stereocenters. The summed E-state index contributed by atoms with van der Waals surface area (Å²) in [5.74, 6) is 0.936. The van der Waals surface area contributed by atoms with Crippen LogP contribution >= 0.6 is 11.8 Å². The molecule has 0 aliphatic heterocycles. The standard InChI is InChI=1S/C16H16FNO3S/c1-20-12-5-8-14(15(9-12)21-2)18-16(19)10-22-13-6-3-11(17)4-7-13/h3-9H,10H2,1-2H3,(H,18,19). The number of hydrogen-bond donors (Lipinski definition) is 1. The SMILES string of the molecule is COc1ccc(NC(=O)CSc2ccc(F)cc2)c(OC)c1. The van der Waals surface area contributed by atoms with Crippen molar-refractivity contribution < 1.29 is 18.7 Å². The molecule has 0 saturated heterocycles. The topological polar surface area (TPSA) is 47.6 Å². The van der Waals surface area contributed by atoms with Gasteiger partial charge in [0.05, 0.1) is 25.7 Å². The molecule has 2 rings (SSSR count). The number of benzene rings is 2. The van der Waals surface area contributed by atoms with E-state index in [2.05, 4.69) is 5.32 Å². The van der Waals surface area contributed by atoms with Crippen molar-refractivity contribution in [2.24, 2.45) is 0 Å². The molecule has 0 heterocycles. The number of nitrogens with one attached hydrogen (secondary N) is 1. The van der Waals surface area contributed by atoms with Crippen LogP contribution in [-0.4, -0.2) is 25.9 Å². The predicted octanol–water partition coefficient (Wildman–Crippen LogP) is 3.57. The first-order valence-electron chi connectivity index (χ1n) is 6.52. The third-order valence-electron chi connectivity index (χ3n) is 2.87. The van der Waals surface area contributed by atoms with E-state index >= 15 is 0 Å². The smallest absolute Gasteiger partial charge is 0.234 e. The average molecular weight is 321 g/mol. The third kappa shape index (κ3) is 4.39. The number of halogens is 1. The molecule has 2 aromatic carbocycles. The van der Waals surface area contributed by atoms with Crippen molar-refractivity contribution in [3.8, 4) is 11.5 Å². The molecule has 0 spiro atoms. The molecule has 4 nitrogen and oxygen atoms in total. The first-order chi connectivity index (χ1) is 10.6. The molecule has 0 aliphatic rings. The largest absolute Gasteiger partial charge is 0.497 e. The highest BCUT2D eigenvalue weighted by Crippen LogP contribution is 2.29. The summed E-state index contributed by atoms with van der Waals surface area (Å²) in [6, 6.07) is 11.2. The van der Waals surface area contributed by atoms with Gasteiger partial charge in [-0.2, -0.15) is 0 Å². The van der Waals surface area contributed by atoms with Crippen LogP contribution in [0.2, 0.25) is 0 Å². The number of rotatable bonds is 6. The van der Waals surface area contributed by atoms with Crippen molar-refractivity contribution in [1.82, 2.24) is 0 Å². The van der Waals surface area contributed by atoms with Gasteiger partial charge in [0.1, 0.15) is 17.3 Å². The average Bonchev–Trinajstić information content (AvgIpc) is 2.54. The minimum absolute atomic E-state index is 0.169. The van der Waals surface area contributed by atoms with Crippen LogP contribution in [0, 0.1) is 5.82 Å². The van der Waals surface area contributed by atoms with Crippen LogP contribution in [0.1, 0.15) is 0 Å². The van der Waals surface area contributed by atoms with Gasteiger partial charge in [-0.3, -0.25) is 4.79 Å². The lowest BCUT2D eigenvalue weighted by Crippen LogP contribution is -2.14. The molecule has 1 amide bonds. The maximum atomic E-state index is 12.8. The minimum atomic E-state index is -0.295. The summed E-state index contributed by atoms with van der Waals surface area (Å²) in [5.41, 5.74) is 0.577. The van der Waals surface area contributed by atoms with Gasteiger partial charge in [0.25, 0.3) is 0 Å². The maximum absolute atomic E-state index is 12.8. The molecule has 6 heteroatoms. The Bertz CT molecular complexity index is 646. The highest BCUT2D eigenvalue weighted by Gasteiger charge is 2.09. The second-order valence-electron chi connectivity index (χ2n) is 4.36. The highest BCUT2D eigenvalue weighted by atomic mass is 32.2. The number of carbonyl (C=O) groups is 1. The van der Waals surface area contributed by atoms with Crippen molar-refractivity contribution in [3.05, 3.63) is 48.3 Å². The van der Waals surface area contributed by atoms with Crippen LogP contribution in [0.15, 0.2) is 47.4 Å². The lowest BCUT2D eigenvalue weighted by molar-refractivity contribution is -0.113. The molecule has 0 fully saturated rings. The number of ether oxygens (including phenoxy) is 2. The van der Waals surface area contributed by atoms with Crippen molar-refractivity contribution >= 4 is 23.4 Å². The molecule has 0 aliphatic carbocycles. The van der Waals surface area contributed by atoms with Crippen molar-refractivity contribution in [2.75, 3.05) is 25.3 Å². The van der Waals surface area contributed by atoms with Gasteiger partial charge < -0.3 is 14.8 Å². The summed E-state index contributed by atoms with van der Waals surface area (Å²) in [7, 11) is 3.09. The molecule has 22 heavy (non-hydrogen) atoms. The number of methoxy groups -OCH3 is 2. The Hall–Kier alpha value is -2.21. The van der Waals surface area contributed by atoms with Crippen LogP contribution in [0.25, 0.3) is 0 Å². The molecule has 116 valence electrons. The van der Waals surface area contributed by atoms with Crippen LogP contribution in [0.3, 0.4) is 0 Å². The Labute approximate surface area is 132 Å². The number of anilines is 1. The molecule has 0 unspecified atom stereocenters. The van der Waals surface area contributed by atoms with Gasteiger partial charge in [-0.05, 0) is 36.4 Å². The summed E-state index contributed by atoms with van der Waals surface area (Å²) in [4.78, 5) is 12.8. The monoisotopic (exact) mass is 321 g/mol. The zero-order chi connectivity index (χ0) is 15.9. The molecule has 0 aromatic heterocycles. The molecular weight excluding hydrogens is 305 g/mol. The highest BCUT2D eigenvalue weighted by molar-refractivity contribution is 8.00. The first kappa shape index (κ1) is 16.2. The van der Waals surface area contributed by atoms with E-state index in [0.29, 0.717) is 17.2 Å². The molecular formula is C16H16FNO3S. The summed E-state index contributed by atoms with van der Waals surface area (Å²) in [5, 5.41) is 2.78. The first-order valence-corrected chi connectivity index (χ1v) is 7.51. The molecule has 0 saturated carbocycles. The number of carbonyl (C=O) groups excluding carboxylic acids is 1. The van der Waals surface area contributed by atoms with Gasteiger partial charge in [-0.1, -0.05) is 0 Å². The van der Waals surface area contributed by atoms with E-state index in [1.54, 1.807) is 37.4 Å². The quantitative estimate of drug-likeness (QED) is 0.826. The van der Waals surface area contributed by atoms with Gasteiger partial charge >= 0.3 is 0 Å². The minimum Gasteiger partial charge on any atom is -0.497 e. The third-order valence-corrected chi connectivity index (χ3v) is 3.88. The fourth-order valence-corrected chi connectivity index (χ4v) is 2.47. The maximum Gasteiger partial charge on any atom is 0.234 e. The Morgan fingerprint density at radius 3 is 2.50 bits per heavy atom. The summed E-state index contributed by atoms with van der Waals surface area (Å²) < 4.78 is 23.1. The van der Waals surface area contributed by atoms with Crippen LogP contribution in [0.5, 0.6) is 11.5 Å². The van der Waals surface area contributed by atoms with Gasteiger partial charge in [-0.25, -0.2) is 4.39 Å². The molecule has 0 bridgehead atoms. The van der Waals surface area contributed by atoms with E-state index < -0.39 is 0 Å². The molecule has 2 aromatic rings. The van der Waals surface area contributed by atoms with Crippen LogP contribution in [0.4, 0.5) is 10.1 Å². The number of thioether (sulfide) groups is 1. The lowest BCUT2D eigenvalue weighted by atomic mass is 10.2. The van der Waals surface area contributed by atoms with E-state index in [1.807, 2.05) is 0 Å². The van der Waals surface area contributed by atoms with Crippen molar-refractivity contribution in [3.63, 3.8) is 0 Å². The Morgan fingerprint density at radius 1 is 1.14 bits per heavy atom. The van der Waals surface area contributed by atoms with Crippen molar-refractivity contribution in [2.45, 2.75) is 4.90 Å². The number of hydrogen-bond acceptors (Lipinski definition) is 4. The van der Waals surface area contributed by atoms with Gasteiger partial charge in [0.15, 0.2) is 0 Å². The lowest BCUT2D eigenvalue weighted by Gasteiger charge is -2.11. The van der Waals surface area contributed by atoms with E-state index in [1.165, 1.54) is 31.0 Å². The fraction of sp³-hybridized carbons (Fsp3) is 0.188. The second kappa shape index (κ2) is 7.70.